The summed E-state index contributed by atoms with van der Waals surface area (Å²) in [4.78, 5) is 31.8. The predicted molar refractivity (Wildman–Crippen MR) is 132 cm³/mol. The van der Waals surface area contributed by atoms with Gasteiger partial charge >= 0.3 is 6.03 Å². The van der Waals surface area contributed by atoms with E-state index in [1.54, 1.807) is 12.3 Å². The predicted octanol–water partition coefficient (Wildman–Crippen LogP) is 3.98. The Balaban J connectivity index is 1.15. The molecule has 11 nitrogen and oxygen atoms in total. The van der Waals surface area contributed by atoms with Crippen molar-refractivity contribution < 1.29 is 31.8 Å². The van der Waals surface area contributed by atoms with Crippen molar-refractivity contribution in [2.45, 2.75) is 93.8 Å². The zero-order chi connectivity index (χ0) is 28.5. The first-order valence-corrected chi connectivity index (χ1v) is 13.9. The summed E-state index contributed by atoms with van der Waals surface area (Å²) in [6.07, 6.45) is 3.95. The van der Waals surface area contributed by atoms with E-state index in [4.69, 9.17) is 4.63 Å². The molecule has 1 unspecified atom stereocenters. The van der Waals surface area contributed by atoms with Crippen LogP contribution in [0.1, 0.15) is 90.8 Å². The van der Waals surface area contributed by atoms with Crippen LogP contribution in [0.3, 0.4) is 0 Å². The van der Waals surface area contributed by atoms with Crippen LogP contribution in [0.25, 0.3) is 5.65 Å². The van der Waals surface area contributed by atoms with Crippen LogP contribution >= 0.6 is 0 Å². The van der Waals surface area contributed by atoms with Crippen LogP contribution in [0.15, 0.2) is 23.1 Å². The maximum absolute atomic E-state index is 14.0. The fourth-order valence-electron chi connectivity index (χ4n) is 6.43. The molecule has 218 valence electrons. The number of hydrogen-bond acceptors (Lipinski definition) is 7. The van der Waals surface area contributed by atoms with Crippen LogP contribution in [0.5, 0.6) is 0 Å². The van der Waals surface area contributed by atoms with Crippen molar-refractivity contribution in [3.8, 4) is 0 Å². The molecule has 0 radical (unpaired) electrons. The lowest BCUT2D eigenvalue weighted by Crippen LogP contribution is -2.37. The molecule has 3 aromatic rings. The minimum Gasteiger partial charge on any atom is -0.342 e. The van der Waals surface area contributed by atoms with Gasteiger partial charge < -0.3 is 15.5 Å². The summed E-state index contributed by atoms with van der Waals surface area (Å²) in [7, 11) is 0. The standard InChI is InChI=1S/C26H28F4N8O3/c27-25(28)5-3-15(4-6-25)20(34-23(39)22-21(14-1-2-14)35-41-36-22)17-12-38-19(32-17)7-13(10-31-38)11-37-18-9-26(29,30)8-16(18)33-24(37)40/h7,10,12,14-16,18,20H,1-6,8-9,11H2,(H,33,40)(H,34,39)/t16-,18+,20?/m1/s1. The Morgan fingerprint density at radius 3 is 2.66 bits per heavy atom. The van der Waals surface area contributed by atoms with Crippen molar-refractivity contribution >= 4 is 17.6 Å². The van der Waals surface area contributed by atoms with Gasteiger partial charge in [-0.15, -0.1) is 0 Å². The molecule has 3 aromatic heterocycles. The number of urea groups is 1. The van der Waals surface area contributed by atoms with Crippen LogP contribution < -0.4 is 10.6 Å². The molecule has 4 heterocycles. The van der Waals surface area contributed by atoms with Crippen molar-refractivity contribution in [1.82, 2.24) is 40.4 Å². The van der Waals surface area contributed by atoms with Gasteiger partial charge in [-0.25, -0.2) is 36.5 Å². The molecule has 1 saturated heterocycles. The summed E-state index contributed by atoms with van der Waals surface area (Å²) in [5, 5.41) is 17.6. The van der Waals surface area contributed by atoms with E-state index < -0.39 is 48.3 Å². The van der Waals surface area contributed by atoms with Crippen molar-refractivity contribution in [3.05, 3.63) is 41.1 Å². The van der Waals surface area contributed by atoms with Crippen molar-refractivity contribution in [3.63, 3.8) is 0 Å². The number of aromatic nitrogens is 5. The molecule has 2 N–H and O–H groups in total. The van der Waals surface area contributed by atoms with Crippen LogP contribution in [-0.2, 0) is 6.54 Å². The average Bonchev–Trinajstić information content (AvgIpc) is 3.23. The minimum absolute atomic E-state index is 0.0791. The molecule has 4 fully saturated rings. The van der Waals surface area contributed by atoms with Crippen LogP contribution in [0, 0.1) is 5.92 Å². The molecule has 0 aromatic carbocycles. The summed E-state index contributed by atoms with van der Waals surface area (Å²) < 4.78 is 62.2. The number of amides is 3. The Kier molecular flexibility index (Phi) is 5.98. The van der Waals surface area contributed by atoms with E-state index >= 15 is 0 Å². The number of rotatable bonds is 7. The lowest BCUT2D eigenvalue weighted by atomic mass is 9.81. The second-order valence-corrected chi connectivity index (χ2v) is 11.8. The van der Waals surface area contributed by atoms with Gasteiger partial charge in [0.2, 0.25) is 5.92 Å². The van der Waals surface area contributed by atoms with Crippen molar-refractivity contribution in [2.75, 3.05) is 0 Å². The zero-order valence-electron chi connectivity index (χ0n) is 21.9. The van der Waals surface area contributed by atoms with Gasteiger partial charge in [0.15, 0.2) is 11.3 Å². The Morgan fingerprint density at radius 2 is 1.90 bits per heavy atom. The Hall–Kier alpha value is -3.78. The molecule has 15 heteroatoms. The number of halogens is 4. The number of nitrogens with zero attached hydrogens (tertiary/aromatic N) is 6. The van der Waals surface area contributed by atoms with E-state index in [9.17, 15) is 27.2 Å². The smallest absolute Gasteiger partial charge is 0.318 e. The SMILES string of the molecule is O=C(NC(c1cn2ncc(CN3C(=O)N[C@@H]4CC(F)(F)C[C@@H]43)cc2n1)C1CCC(F)(F)CC1)c1nonc1C1CC1. The number of carbonyl (C=O) groups excluding carboxylic acids is 2. The molecule has 1 aliphatic heterocycles. The van der Waals surface area contributed by atoms with Gasteiger partial charge in [0.05, 0.1) is 36.2 Å². The highest BCUT2D eigenvalue weighted by atomic mass is 19.3. The van der Waals surface area contributed by atoms with Gasteiger partial charge in [-0.3, -0.25) is 4.79 Å². The highest BCUT2D eigenvalue weighted by Gasteiger charge is 2.54. The molecular weight excluding hydrogens is 548 g/mol. The van der Waals surface area contributed by atoms with Gasteiger partial charge in [-0.05, 0) is 48.4 Å². The second kappa shape index (κ2) is 9.38. The lowest BCUT2D eigenvalue weighted by molar-refractivity contribution is -0.0495. The molecule has 0 spiro atoms. The Labute approximate surface area is 231 Å². The van der Waals surface area contributed by atoms with E-state index in [0.717, 1.165) is 12.8 Å². The fraction of sp³-hybridized carbons (Fsp3) is 0.615. The van der Waals surface area contributed by atoms with E-state index in [0.29, 0.717) is 22.6 Å². The van der Waals surface area contributed by atoms with E-state index in [1.165, 1.54) is 15.6 Å². The first-order chi connectivity index (χ1) is 19.6. The highest BCUT2D eigenvalue weighted by molar-refractivity contribution is 5.93. The summed E-state index contributed by atoms with van der Waals surface area (Å²) in [5.41, 5.74) is 2.03. The van der Waals surface area contributed by atoms with Crippen LogP contribution in [0.4, 0.5) is 22.4 Å². The fourth-order valence-corrected chi connectivity index (χ4v) is 6.43. The number of nitrogens with one attached hydrogen (secondary N) is 2. The molecule has 3 amide bonds. The maximum Gasteiger partial charge on any atom is 0.318 e. The number of fused-ring (bicyclic) bond motifs is 2. The average molecular weight is 577 g/mol. The number of alkyl halides is 4. The van der Waals surface area contributed by atoms with Gasteiger partial charge in [-0.1, -0.05) is 5.16 Å². The monoisotopic (exact) mass is 576 g/mol. The topological polar surface area (TPSA) is 131 Å². The molecule has 4 aliphatic rings. The van der Waals surface area contributed by atoms with E-state index in [-0.39, 0.29) is 56.2 Å². The summed E-state index contributed by atoms with van der Waals surface area (Å²) >= 11 is 0. The Bertz CT molecular complexity index is 1490. The molecule has 41 heavy (non-hydrogen) atoms. The molecule has 3 saturated carbocycles. The van der Waals surface area contributed by atoms with Gasteiger partial charge in [0.1, 0.15) is 5.69 Å². The third-order valence-corrected chi connectivity index (χ3v) is 8.74. The van der Waals surface area contributed by atoms with Crippen LogP contribution in [0.2, 0.25) is 0 Å². The molecule has 0 bridgehead atoms. The maximum atomic E-state index is 14.0. The normalized spacial score (nSPS) is 26.2. The molecule has 3 atom stereocenters. The summed E-state index contributed by atoms with van der Waals surface area (Å²) in [6, 6.07) is -0.604. The van der Waals surface area contributed by atoms with Gasteiger partial charge in [0.25, 0.3) is 11.8 Å². The second-order valence-electron chi connectivity index (χ2n) is 11.8. The summed E-state index contributed by atoms with van der Waals surface area (Å²) in [5.74, 6) is -6.27. The van der Waals surface area contributed by atoms with Gasteiger partial charge in [-0.2, -0.15) is 5.10 Å². The first kappa shape index (κ1) is 26.1. The van der Waals surface area contributed by atoms with Crippen molar-refractivity contribution in [2.24, 2.45) is 5.92 Å². The summed E-state index contributed by atoms with van der Waals surface area (Å²) in [6.45, 7) is 0.0791. The first-order valence-electron chi connectivity index (χ1n) is 13.9. The van der Waals surface area contributed by atoms with Crippen LogP contribution in [-0.4, -0.2) is 65.7 Å². The third kappa shape index (κ3) is 4.99. The Morgan fingerprint density at radius 1 is 1.12 bits per heavy atom. The van der Waals surface area contributed by atoms with E-state index in [2.05, 4.69) is 31.0 Å². The molecule has 7 rings (SSSR count). The largest absolute Gasteiger partial charge is 0.342 e. The highest BCUT2D eigenvalue weighted by Crippen LogP contribution is 2.43. The molecule has 3 aliphatic carbocycles. The minimum atomic E-state index is -2.83. The lowest BCUT2D eigenvalue weighted by Gasteiger charge is -2.33. The zero-order valence-corrected chi connectivity index (χ0v) is 21.9. The molecular formula is C26H28F4N8O3. The van der Waals surface area contributed by atoms with Gasteiger partial charge in [0, 0.05) is 38.1 Å². The third-order valence-electron chi connectivity index (χ3n) is 8.74. The number of carbonyl (C=O) groups is 2. The number of hydrogen-bond donors (Lipinski definition) is 2. The van der Waals surface area contributed by atoms with Crippen molar-refractivity contribution in [1.29, 1.82) is 0 Å². The van der Waals surface area contributed by atoms with E-state index in [1.807, 2.05) is 0 Å². The quantitative estimate of drug-likeness (QED) is 0.407. The number of imidazole rings is 1.